The van der Waals surface area contributed by atoms with E-state index in [4.69, 9.17) is 0 Å². The molecule has 5 nitrogen and oxygen atoms in total. The zero-order valence-electron chi connectivity index (χ0n) is 18.4. The molecule has 9 heteroatoms. The molecule has 5 rings (SSSR count). The Morgan fingerprint density at radius 2 is 1.85 bits per heavy atom. The van der Waals surface area contributed by atoms with Crippen LogP contribution in [0.1, 0.15) is 36.3 Å². The summed E-state index contributed by atoms with van der Waals surface area (Å²) in [4.78, 5) is 6.12. The molecule has 1 aliphatic carbocycles. The van der Waals surface area contributed by atoms with E-state index in [0.29, 0.717) is 5.92 Å². The Kier molecular flexibility index (Phi) is 6.51. The molecule has 3 aromatic rings. The third kappa shape index (κ3) is 4.64. The molecular formula is C24H27ClF3N5. The minimum atomic E-state index is -4.38. The number of fused-ring (bicyclic) bond motifs is 1. The molecule has 0 radical (unpaired) electrons. The molecule has 176 valence electrons. The quantitative estimate of drug-likeness (QED) is 0.453. The lowest BCUT2D eigenvalue weighted by Gasteiger charge is -2.21. The molecule has 2 aromatic heterocycles. The van der Waals surface area contributed by atoms with Gasteiger partial charge in [0.15, 0.2) is 5.82 Å². The summed E-state index contributed by atoms with van der Waals surface area (Å²) in [5.41, 5.74) is 1.20. The Labute approximate surface area is 197 Å². The van der Waals surface area contributed by atoms with Crippen molar-refractivity contribution in [3.8, 4) is 11.4 Å². The first-order valence-corrected chi connectivity index (χ1v) is 11.1. The average Bonchev–Trinajstić information content (AvgIpc) is 3.16. The molecule has 1 saturated carbocycles. The van der Waals surface area contributed by atoms with Crippen molar-refractivity contribution in [3.05, 3.63) is 65.7 Å². The van der Waals surface area contributed by atoms with E-state index in [9.17, 15) is 13.2 Å². The van der Waals surface area contributed by atoms with Crippen LogP contribution in [0, 0.1) is 5.92 Å². The van der Waals surface area contributed by atoms with Crippen LogP contribution in [0.15, 0.2) is 48.7 Å². The first-order valence-electron chi connectivity index (χ1n) is 11.1. The molecule has 0 spiro atoms. The third-order valence-electron chi connectivity index (χ3n) is 6.97. The Hall–Kier alpha value is -2.45. The number of aromatic nitrogens is 4. The second-order valence-electron chi connectivity index (χ2n) is 9.04. The molecule has 1 aliphatic heterocycles. The highest BCUT2D eigenvalue weighted by Crippen LogP contribution is 2.58. The number of aryl methyl sites for hydroxylation is 1. The standard InChI is InChI=1S/C24H26F3N5.ClH/c1-31-21(29-30-22(31)17-7-3-2-4-8-17)9-5-6-12-32-15-19-13-23(19,16-32)18-10-11-20(28-14-18)24(25,26)27;/h2-4,7-8,10-11,14,19H,5-6,9,12-13,15-16H2,1H3;1H/t19-,23+;/m1./s1. The average molecular weight is 478 g/mol. The maximum Gasteiger partial charge on any atom is 0.433 e. The minimum absolute atomic E-state index is 0. The molecular weight excluding hydrogens is 451 g/mol. The van der Waals surface area contributed by atoms with Gasteiger partial charge in [0.25, 0.3) is 0 Å². The summed E-state index contributed by atoms with van der Waals surface area (Å²) in [5, 5.41) is 8.72. The highest BCUT2D eigenvalue weighted by Gasteiger charge is 2.60. The number of alkyl halides is 3. The molecule has 1 saturated heterocycles. The normalized spacial score (nSPS) is 22.1. The van der Waals surface area contributed by atoms with Crippen molar-refractivity contribution < 1.29 is 13.2 Å². The van der Waals surface area contributed by atoms with E-state index >= 15 is 0 Å². The van der Waals surface area contributed by atoms with Crippen LogP contribution in [0.4, 0.5) is 13.2 Å². The van der Waals surface area contributed by atoms with Gasteiger partial charge in [-0.1, -0.05) is 36.4 Å². The SMILES string of the molecule is Cl.Cn1c(CCCCN2C[C@H]3C[C@@]3(c3ccc(C(F)(F)F)nc3)C2)nnc1-c1ccccc1. The van der Waals surface area contributed by atoms with E-state index in [-0.39, 0.29) is 17.8 Å². The van der Waals surface area contributed by atoms with Gasteiger partial charge >= 0.3 is 6.18 Å². The van der Waals surface area contributed by atoms with Gasteiger partial charge in [0.05, 0.1) is 0 Å². The second kappa shape index (κ2) is 9.06. The van der Waals surface area contributed by atoms with E-state index in [1.54, 1.807) is 6.07 Å². The van der Waals surface area contributed by atoms with Crippen molar-refractivity contribution in [1.82, 2.24) is 24.6 Å². The number of rotatable bonds is 7. The summed E-state index contributed by atoms with van der Waals surface area (Å²) in [6.07, 6.45) is 1.06. The lowest BCUT2D eigenvalue weighted by molar-refractivity contribution is -0.141. The fourth-order valence-electron chi connectivity index (χ4n) is 5.10. The number of nitrogens with zero attached hydrogens (tertiary/aromatic N) is 5. The lowest BCUT2D eigenvalue weighted by atomic mass is 9.96. The van der Waals surface area contributed by atoms with Crippen LogP contribution >= 0.6 is 12.4 Å². The Balaban J connectivity index is 0.00000259. The van der Waals surface area contributed by atoms with Gasteiger partial charge in [-0.15, -0.1) is 22.6 Å². The summed E-state index contributed by atoms with van der Waals surface area (Å²) in [6, 6.07) is 12.8. The van der Waals surface area contributed by atoms with Crippen molar-refractivity contribution in [2.75, 3.05) is 19.6 Å². The van der Waals surface area contributed by atoms with Gasteiger partial charge in [-0.25, -0.2) is 0 Å². The summed E-state index contributed by atoms with van der Waals surface area (Å²) in [7, 11) is 2.01. The number of pyridine rings is 1. The number of hydrogen-bond acceptors (Lipinski definition) is 4. The van der Waals surface area contributed by atoms with Gasteiger partial charge in [0.2, 0.25) is 0 Å². The summed E-state index contributed by atoms with van der Waals surface area (Å²) >= 11 is 0. The van der Waals surface area contributed by atoms with Gasteiger partial charge in [0.1, 0.15) is 11.5 Å². The van der Waals surface area contributed by atoms with Crippen LogP contribution in [-0.4, -0.2) is 44.3 Å². The van der Waals surface area contributed by atoms with Crippen molar-refractivity contribution >= 4 is 12.4 Å². The predicted molar refractivity (Wildman–Crippen MR) is 122 cm³/mol. The fourth-order valence-corrected chi connectivity index (χ4v) is 5.10. The molecule has 33 heavy (non-hydrogen) atoms. The Bertz CT molecular complexity index is 1080. The number of halogens is 4. The largest absolute Gasteiger partial charge is 0.433 e. The van der Waals surface area contributed by atoms with Crippen molar-refractivity contribution in [1.29, 1.82) is 0 Å². The maximum atomic E-state index is 12.8. The summed E-state index contributed by atoms with van der Waals surface area (Å²) in [6.45, 7) is 2.92. The van der Waals surface area contributed by atoms with E-state index in [0.717, 1.165) is 74.2 Å². The molecule has 0 amide bonds. The summed E-state index contributed by atoms with van der Waals surface area (Å²) in [5.74, 6) is 2.40. The molecule has 2 atom stereocenters. The van der Waals surface area contributed by atoms with Gasteiger partial charge in [-0.3, -0.25) is 4.98 Å². The monoisotopic (exact) mass is 477 g/mol. The van der Waals surface area contributed by atoms with Crippen molar-refractivity contribution in [2.24, 2.45) is 13.0 Å². The highest BCUT2D eigenvalue weighted by molar-refractivity contribution is 5.85. The van der Waals surface area contributed by atoms with Crippen LogP contribution in [0.3, 0.4) is 0 Å². The van der Waals surface area contributed by atoms with E-state index < -0.39 is 11.9 Å². The van der Waals surface area contributed by atoms with Gasteiger partial charge in [-0.2, -0.15) is 13.2 Å². The Morgan fingerprint density at radius 1 is 1.06 bits per heavy atom. The van der Waals surface area contributed by atoms with E-state index in [1.165, 1.54) is 6.20 Å². The molecule has 2 fully saturated rings. The van der Waals surface area contributed by atoms with Crippen LogP contribution in [-0.2, 0) is 25.1 Å². The number of likely N-dealkylation sites (tertiary alicyclic amines) is 1. The number of unbranched alkanes of at least 4 members (excludes halogenated alkanes) is 1. The summed E-state index contributed by atoms with van der Waals surface area (Å²) < 4.78 is 40.4. The zero-order valence-corrected chi connectivity index (χ0v) is 19.2. The Morgan fingerprint density at radius 3 is 2.55 bits per heavy atom. The highest BCUT2D eigenvalue weighted by atomic mass is 35.5. The predicted octanol–water partition coefficient (Wildman–Crippen LogP) is 4.91. The van der Waals surface area contributed by atoms with Crippen molar-refractivity contribution in [2.45, 2.75) is 37.3 Å². The van der Waals surface area contributed by atoms with Gasteiger partial charge in [0, 0.05) is 43.7 Å². The van der Waals surface area contributed by atoms with Crippen LogP contribution in [0.5, 0.6) is 0 Å². The molecule has 3 heterocycles. The first kappa shape index (κ1) is 23.7. The maximum absolute atomic E-state index is 12.8. The molecule has 0 bridgehead atoms. The zero-order chi connectivity index (χ0) is 22.3. The number of hydrogen-bond donors (Lipinski definition) is 0. The smallest absolute Gasteiger partial charge is 0.314 e. The second-order valence-corrected chi connectivity index (χ2v) is 9.04. The van der Waals surface area contributed by atoms with Crippen molar-refractivity contribution in [3.63, 3.8) is 0 Å². The third-order valence-corrected chi connectivity index (χ3v) is 6.97. The van der Waals surface area contributed by atoms with Crippen LogP contribution < -0.4 is 0 Å². The molecule has 0 unspecified atom stereocenters. The number of benzene rings is 1. The minimum Gasteiger partial charge on any atom is -0.314 e. The van der Waals surface area contributed by atoms with Gasteiger partial charge in [-0.05, 0) is 43.4 Å². The molecule has 0 N–H and O–H groups in total. The first-order chi connectivity index (χ1) is 15.4. The van der Waals surface area contributed by atoms with E-state index in [1.807, 2.05) is 37.4 Å². The molecule has 1 aromatic carbocycles. The fraction of sp³-hybridized carbons (Fsp3) is 0.458. The molecule has 2 aliphatic rings. The topological polar surface area (TPSA) is 46.8 Å². The van der Waals surface area contributed by atoms with Crippen LogP contribution in [0.25, 0.3) is 11.4 Å². The lowest BCUT2D eigenvalue weighted by Crippen LogP contribution is -2.27. The van der Waals surface area contributed by atoms with Crippen LogP contribution in [0.2, 0.25) is 0 Å². The van der Waals surface area contributed by atoms with E-state index in [2.05, 4.69) is 24.6 Å². The number of piperidine rings is 1. The van der Waals surface area contributed by atoms with Gasteiger partial charge < -0.3 is 9.47 Å².